The van der Waals surface area contributed by atoms with Crippen LogP contribution in [0.3, 0.4) is 0 Å². The number of fused-ring (bicyclic) bond motifs is 1. The Morgan fingerprint density at radius 1 is 1.20 bits per heavy atom. The Morgan fingerprint density at radius 3 is 2.75 bits per heavy atom. The van der Waals surface area contributed by atoms with Crippen LogP contribution in [0.5, 0.6) is 0 Å². The summed E-state index contributed by atoms with van der Waals surface area (Å²) >= 11 is 0. The summed E-state index contributed by atoms with van der Waals surface area (Å²) < 4.78 is 2.10. The molecule has 0 saturated carbocycles. The fraction of sp³-hybridized carbons (Fsp3) is 0.500. The monoisotopic (exact) mass is 272 g/mol. The van der Waals surface area contributed by atoms with E-state index >= 15 is 0 Å². The highest BCUT2D eigenvalue weighted by atomic mass is 15.3. The topological polar surface area (TPSA) is 81.6 Å². The van der Waals surface area contributed by atoms with Gasteiger partial charge >= 0.3 is 0 Å². The van der Waals surface area contributed by atoms with E-state index in [1.54, 1.807) is 6.33 Å². The minimum Gasteiger partial charge on any atom is -0.308 e. The van der Waals surface area contributed by atoms with Crippen molar-refractivity contribution in [3.63, 3.8) is 0 Å². The molecule has 6 nitrogen and oxygen atoms in total. The fourth-order valence-electron chi connectivity index (χ4n) is 2.88. The molecule has 3 rings (SSSR count). The van der Waals surface area contributed by atoms with E-state index in [4.69, 9.17) is 5.84 Å². The Balaban J connectivity index is 2.17. The van der Waals surface area contributed by atoms with E-state index in [1.165, 1.54) is 24.2 Å². The molecule has 2 aromatic heterocycles. The Labute approximate surface area is 118 Å². The van der Waals surface area contributed by atoms with Gasteiger partial charge in [-0.3, -0.25) is 4.57 Å². The molecule has 1 aliphatic rings. The van der Waals surface area contributed by atoms with Gasteiger partial charge in [0.2, 0.25) is 0 Å². The zero-order chi connectivity index (χ0) is 14.1. The van der Waals surface area contributed by atoms with Crippen LogP contribution in [0.25, 0.3) is 5.82 Å². The van der Waals surface area contributed by atoms with Crippen LogP contribution in [0.15, 0.2) is 12.7 Å². The summed E-state index contributed by atoms with van der Waals surface area (Å²) in [7, 11) is 0. The van der Waals surface area contributed by atoms with Crippen molar-refractivity contribution in [3.05, 3.63) is 29.6 Å². The number of nitrogens with one attached hydrogen (secondary N) is 1. The number of hydrogen-bond donors (Lipinski definition) is 2. The molecule has 0 amide bonds. The molecule has 106 valence electrons. The van der Waals surface area contributed by atoms with Crippen molar-refractivity contribution in [1.82, 2.24) is 19.5 Å². The van der Waals surface area contributed by atoms with E-state index in [0.717, 1.165) is 24.2 Å². The van der Waals surface area contributed by atoms with Gasteiger partial charge in [-0.2, -0.15) is 0 Å². The maximum atomic E-state index is 5.58. The first kappa shape index (κ1) is 13.1. The minimum atomic E-state index is 0.277. The second kappa shape index (κ2) is 5.20. The molecule has 20 heavy (non-hydrogen) atoms. The van der Waals surface area contributed by atoms with Crippen LogP contribution >= 0.6 is 0 Å². The maximum Gasteiger partial charge on any atom is 0.149 e. The minimum absolute atomic E-state index is 0.277. The van der Waals surface area contributed by atoms with Crippen molar-refractivity contribution < 1.29 is 0 Å². The normalized spacial score (nSPS) is 14.4. The molecule has 0 unspecified atom stereocenters. The molecule has 0 fully saturated rings. The molecule has 0 atom stereocenters. The zero-order valence-electron chi connectivity index (χ0n) is 11.9. The van der Waals surface area contributed by atoms with Crippen molar-refractivity contribution in [2.45, 2.75) is 45.4 Å². The Bertz CT molecular complexity index is 616. The summed E-state index contributed by atoms with van der Waals surface area (Å²) in [5, 5.41) is 0. The van der Waals surface area contributed by atoms with Gasteiger partial charge in [0.05, 0.1) is 5.69 Å². The third kappa shape index (κ3) is 2.06. The van der Waals surface area contributed by atoms with Crippen molar-refractivity contribution in [1.29, 1.82) is 0 Å². The predicted octanol–water partition coefficient (Wildman–Crippen LogP) is 1.95. The summed E-state index contributed by atoms with van der Waals surface area (Å²) in [6.45, 7) is 4.23. The van der Waals surface area contributed by atoms with Crippen molar-refractivity contribution in [2.75, 3.05) is 5.43 Å². The number of aromatic nitrogens is 4. The molecule has 2 aromatic rings. The molecule has 0 radical (unpaired) electrons. The lowest BCUT2D eigenvalue weighted by atomic mass is 10.0. The van der Waals surface area contributed by atoms with E-state index in [-0.39, 0.29) is 5.92 Å². The number of imidazole rings is 1. The van der Waals surface area contributed by atoms with E-state index in [2.05, 4.69) is 38.8 Å². The summed E-state index contributed by atoms with van der Waals surface area (Å²) in [6.07, 6.45) is 7.98. The number of nitrogens with two attached hydrogens (primary N) is 1. The van der Waals surface area contributed by atoms with Gasteiger partial charge in [0.25, 0.3) is 0 Å². The average Bonchev–Trinajstić information content (AvgIpc) is 2.90. The first-order chi connectivity index (χ1) is 9.72. The lowest BCUT2D eigenvalue weighted by molar-refractivity contribution is 0.651. The average molecular weight is 272 g/mol. The number of aryl methyl sites for hydroxylation is 1. The van der Waals surface area contributed by atoms with Gasteiger partial charge in [-0.25, -0.2) is 20.8 Å². The first-order valence-corrected chi connectivity index (χ1v) is 7.09. The van der Waals surface area contributed by atoms with Crippen LogP contribution in [0, 0.1) is 0 Å². The van der Waals surface area contributed by atoms with Gasteiger partial charge in [-0.1, -0.05) is 13.8 Å². The fourth-order valence-corrected chi connectivity index (χ4v) is 2.88. The smallest absolute Gasteiger partial charge is 0.149 e. The van der Waals surface area contributed by atoms with Crippen LogP contribution in [-0.2, 0) is 12.8 Å². The Kier molecular flexibility index (Phi) is 3.40. The third-order valence-electron chi connectivity index (χ3n) is 3.84. The summed E-state index contributed by atoms with van der Waals surface area (Å²) in [5.41, 5.74) is 6.18. The molecular weight excluding hydrogens is 252 g/mol. The number of nitrogen functional groups attached to an aromatic ring is 1. The molecule has 1 aliphatic carbocycles. The maximum absolute atomic E-state index is 5.58. The van der Waals surface area contributed by atoms with Gasteiger partial charge < -0.3 is 5.43 Å². The molecule has 0 saturated heterocycles. The molecular formula is C14H20N6. The van der Waals surface area contributed by atoms with Crippen LogP contribution in [0.1, 0.15) is 49.6 Å². The first-order valence-electron chi connectivity index (χ1n) is 7.09. The number of rotatable bonds is 3. The molecule has 0 aliphatic heterocycles. The second-order valence-corrected chi connectivity index (χ2v) is 5.47. The molecule has 6 heteroatoms. The second-order valence-electron chi connectivity index (χ2n) is 5.47. The standard InChI is InChI=1S/C14H20N6/c1-9(2)12-13(19-15)16-7-17-14(12)20-8-18-10-5-3-4-6-11(10)20/h7-9H,3-6,15H2,1-2H3,(H,16,17,19). The number of hydrazine groups is 1. The Morgan fingerprint density at radius 2 is 2.00 bits per heavy atom. The SMILES string of the molecule is CC(C)c1c(NN)ncnc1-n1cnc2c1CCCC2. The summed E-state index contributed by atoms with van der Waals surface area (Å²) in [5.74, 6) is 7.43. The van der Waals surface area contributed by atoms with Crippen LogP contribution in [0.2, 0.25) is 0 Å². The lowest BCUT2D eigenvalue weighted by Gasteiger charge is -2.18. The number of anilines is 1. The summed E-state index contributed by atoms with van der Waals surface area (Å²) in [6, 6.07) is 0. The van der Waals surface area contributed by atoms with E-state index < -0.39 is 0 Å². The van der Waals surface area contributed by atoms with Gasteiger partial charge in [0.15, 0.2) is 0 Å². The van der Waals surface area contributed by atoms with E-state index in [0.29, 0.717) is 5.82 Å². The summed E-state index contributed by atoms with van der Waals surface area (Å²) in [4.78, 5) is 13.2. The number of hydrogen-bond acceptors (Lipinski definition) is 5. The van der Waals surface area contributed by atoms with Crippen molar-refractivity contribution in [2.24, 2.45) is 5.84 Å². The van der Waals surface area contributed by atoms with Crippen LogP contribution in [-0.4, -0.2) is 19.5 Å². The lowest BCUT2D eigenvalue weighted by Crippen LogP contribution is -2.16. The predicted molar refractivity (Wildman–Crippen MR) is 77.7 cm³/mol. The van der Waals surface area contributed by atoms with Gasteiger partial charge in [-0.05, 0) is 31.6 Å². The van der Waals surface area contributed by atoms with E-state index in [9.17, 15) is 0 Å². The van der Waals surface area contributed by atoms with Crippen molar-refractivity contribution in [3.8, 4) is 5.82 Å². The van der Waals surface area contributed by atoms with Gasteiger partial charge in [-0.15, -0.1) is 0 Å². The van der Waals surface area contributed by atoms with Gasteiger partial charge in [0, 0.05) is 11.3 Å². The molecule has 0 aromatic carbocycles. The van der Waals surface area contributed by atoms with Crippen LogP contribution < -0.4 is 11.3 Å². The molecule has 2 heterocycles. The highest BCUT2D eigenvalue weighted by Gasteiger charge is 2.21. The molecule has 0 spiro atoms. The Hall–Kier alpha value is -1.95. The highest BCUT2D eigenvalue weighted by molar-refractivity contribution is 5.53. The quantitative estimate of drug-likeness (QED) is 0.659. The van der Waals surface area contributed by atoms with E-state index in [1.807, 2.05) is 6.33 Å². The third-order valence-corrected chi connectivity index (χ3v) is 3.84. The largest absolute Gasteiger partial charge is 0.308 e. The molecule has 0 bridgehead atoms. The van der Waals surface area contributed by atoms with Crippen molar-refractivity contribution >= 4 is 5.82 Å². The van der Waals surface area contributed by atoms with Gasteiger partial charge in [0.1, 0.15) is 24.3 Å². The number of nitrogens with zero attached hydrogens (tertiary/aromatic N) is 4. The zero-order valence-corrected chi connectivity index (χ0v) is 11.9. The van der Waals surface area contributed by atoms with Crippen LogP contribution in [0.4, 0.5) is 5.82 Å². The highest BCUT2D eigenvalue weighted by Crippen LogP contribution is 2.30. The molecule has 3 N–H and O–H groups in total.